The molecule has 1 aromatic carbocycles. The fraction of sp³-hybridized carbons (Fsp3) is 0. The van der Waals surface area contributed by atoms with Crippen LogP contribution < -0.4 is 10.6 Å². The van der Waals surface area contributed by atoms with Crippen LogP contribution in [-0.4, -0.2) is 11.1 Å². The zero-order chi connectivity index (χ0) is 11.3. The summed E-state index contributed by atoms with van der Waals surface area (Å²) in [7, 11) is 0. The second kappa shape index (κ2) is 3.06. The molecule has 0 saturated carbocycles. The van der Waals surface area contributed by atoms with E-state index in [2.05, 4.69) is 4.99 Å². The lowest BCUT2D eigenvalue weighted by Crippen LogP contribution is -2.23. The van der Waals surface area contributed by atoms with Gasteiger partial charge in [-0.1, -0.05) is 17.7 Å². The molecule has 16 heavy (non-hydrogen) atoms. The van der Waals surface area contributed by atoms with E-state index >= 15 is 0 Å². The molecule has 0 radical (unpaired) electrons. The van der Waals surface area contributed by atoms with Crippen molar-refractivity contribution in [1.82, 2.24) is 0 Å². The number of hydrogen-bond acceptors (Lipinski definition) is 2. The predicted octanol–water partition coefficient (Wildman–Crippen LogP) is 1.03. The molecule has 1 aliphatic heterocycles. The largest absolute Gasteiger partial charge is 0.478 e. The van der Waals surface area contributed by atoms with Crippen LogP contribution in [-0.2, 0) is 4.79 Å². The molecule has 1 aromatic rings. The Bertz CT molecular complexity index is 698. The fourth-order valence-corrected chi connectivity index (χ4v) is 2.19. The lowest BCUT2D eigenvalue weighted by Gasteiger charge is -1.91. The Morgan fingerprint density at radius 2 is 2.12 bits per heavy atom. The third-order valence-electron chi connectivity index (χ3n) is 2.62. The monoisotopic (exact) mass is 231 g/mol. The van der Waals surface area contributed by atoms with Gasteiger partial charge in [-0.3, -0.25) is 0 Å². The zero-order valence-corrected chi connectivity index (χ0v) is 8.82. The molecule has 1 aliphatic carbocycles. The number of carboxylic acids is 1. The predicted molar refractivity (Wildman–Crippen MR) is 59.4 cm³/mol. The highest BCUT2D eigenvalue weighted by molar-refractivity contribution is 6.31. The Balaban J connectivity index is 2.39. The number of carbonyl (C=O) groups is 1. The van der Waals surface area contributed by atoms with Gasteiger partial charge in [-0.2, -0.15) is 0 Å². The number of benzene rings is 1. The van der Waals surface area contributed by atoms with Crippen LogP contribution in [0, 0.1) is 0 Å². The third kappa shape index (κ3) is 1.15. The van der Waals surface area contributed by atoms with Gasteiger partial charge >= 0.3 is 5.97 Å². The quantitative estimate of drug-likeness (QED) is 0.785. The molecule has 4 heteroatoms. The van der Waals surface area contributed by atoms with Gasteiger partial charge in [0.1, 0.15) is 0 Å². The van der Waals surface area contributed by atoms with E-state index < -0.39 is 5.97 Å². The summed E-state index contributed by atoms with van der Waals surface area (Å²) in [5, 5.41) is 11.1. The standard InChI is InChI=1S/C12H6ClNO2/c13-8-2-1-3-9-11(8)7-4-6(12(15)16)5-10(7)14-9/h1-5H,(H,15,16). The average Bonchev–Trinajstić information content (AvgIpc) is 2.73. The Morgan fingerprint density at radius 3 is 2.88 bits per heavy atom. The highest BCUT2D eigenvalue weighted by Crippen LogP contribution is 2.26. The second-order valence-electron chi connectivity index (χ2n) is 3.59. The van der Waals surface area contributed by atoms with Gasteiger partial charge in [0.25, 0.3) is 0 Å². The third-order valence-corrected chi connectivity index (χ3v) is 2.93. The smallest absolute Gasteiger partial charge is 0.335 e. The van der Waals surface area contributed by atoms with Gasteiger partial charge in [-0.25, -0.2) is 9.79 Å². The van der Waals surface area contributed by atoms with Crippen molar-refractivity contribution in [2.45, 2.75) is 0 Å². The minimum Gasteiger partial charge on any atom is -0.478 e. The van der Waals surface area contributed by atoms with Crippen LogP contribution in [0.25, 0.3) is 5.57 Å². The van der Waals surface area contributed by atoms with E-state index in [1.54, 1.807) is 18.2 Å². The zero-order valence-electron chi connectivity index (χ0n) is 8.07. The molecule has 0 atom stereocenters. The Morgan fingerprint density at radius 1 is 1.31 bits per heavy atom. The van der Waals surface area contributed by atoms with Gasteiger partial charge in [0.05, 0.1) is 21.7 Å². The molecule has 0 unspecified atom stereocenters. The summed E-state index contributed by atoms with van der Waals surface area (Å²) < 4.78 is 0. The number of rotatable bonds is 1. The Labute approximate surface area is 95.7 Å². The lowest BCUT2D eigenvalue weighted by atomic mass is 10.2. The Hall–Kier alpha value is -1.87. The number of carboxylic acid groups (broad SMARTS) is 1. The number of allylic oxidation sites excluding steroid dienone is 1. The van der Waals surface area contributed by atoms with E-state index in [-0.39, 0.29) is 5.57 Å². The SMILES string of the molecule is O=C(O)C1=CC2=c3c(Cl)cccc3=NC2=C1. The highest BCUT2D eigenvalue weighted by atomic mass is 35.5. The normalized spacial score (nSPS) is 16.2. The first kappa shape index (κ1) is 9.36. The summed E-state index contributed by atoms with van der Waals surface area (Å²) in [6.07, 6.45) is 3.17. The van der Waals surface area contributed by atoms with Crippen LogP contribution in [0.2, 0.25) is 5.02 Å². The molecule has 0 saturated heterocycles. The summed E-state index contributed by atoms with van der Waals surface area (Å²) in [5.74, 6) is -0.946. The van der Waals surface area contributed by atoms with Crippen molar-refractivity contribution in [2.24, 2.45) is 4.99 Å². The first-order valence-corrected chi connectivity index (χ1v) is 5.09. The first-order chi connectivity index (χ1) is 7.66. The minimum atomic E-state index is -0.946. The number of fused-ring (bicyclic) bond motifs is 2. The molecule has 0 fully saturated rings. The van der Waals surface area contributed by atoms with Crippen molar-refractivity contribution in [3.05, 3.63) is 57.2 Å². The van der Waals surface area contributed by atoms with Crippen LogP contribution in [0.3, 0.4) is 0 Å². The molecular formula is C12H6ClNO2. The van der Waals surface area contributed by atoms with Gasteiger partial charge in [0.15, 0.2) is 0 Å². The molecule has 78 valence electrons. The summed E-state index contributed by atoms with van der Waals surface area (Å²) >= 11 is 6.08. The van der Waals surface area contributed by atoms with Crippen LogP contribution in [0.1, 0.15) is 0 Å². The maximum absolute atomic E-state index is 10.8. The van der Waals surface area contributed by atoms with Crippen molar-refractivity contribution in [3.63, 3.8) is 0 Å². The second-order valence-corrected chi connectivity index (χ2v) is 4.00. The molecule has 1 N–H and O–H groups in total. The molecule has 3 rings (SSSR count). The van der Waals surface area contributed by atoms with E-state index in [9.17, 15) is 4.79 Å². The van der Waals surface area contributed by atoms with Gasteiger partial charge in [0, 0.05) is 10.8 Å². The van der Waals surface area contributed by atoms with Crippen LogP contribution >= 0.6 is 11.6 Å². The summed E-state index contributed by atoms with van der Waals surface area (Å²) in [4.78, 5) is 15.2. The summed E-state index contributed by atoms with van der Waals surface area (Å²) in [5.41, 5.74) is 1.73. The topological polar surface area (TPSA) is 49.7 Å². The molecule has 1 heterocycles. The molecule has 0 aromatic heterocycles. The Kier molecular flexibility index (Phi) is 1.79. The molecule has 0 spiro atoms. The van der Waals surface area contributed by atoms with Gasteiger partial charge in [0.2, 0.25) is 0 Å². The van der Waals surface area contributed by atoms with Crippen LogP contribution in [0.4, 0.5) is 0 Å². The number of halogens is 1. The lowest BCUT2D eigenvalue weighted by molar-refractivity contribution is -0.132. The van der Waals surface area contributed by atoms with Crippen molar-refractivity contribution >= 4 is 23.1 Å². The maximum Gasteiger partial charge on any atom is 0.335 e. The molecule has 3 nitrogen and oxygen atoms in total. The maximum atomic E-state index is 10.8. The fourth-order valence-electron chi connectivity index (χ4n) is 1.91. The average molecular weight is 232 g/mol. The highest BCUT2D eigenvalue weighted by Gasteiger charge is 2.21. The van der Waals surface area contributed by atoms with E-state index in [1.807, 2.05) is 12.1 Å². The van der Waals surface area contributed by atoms with Crippen molar-refractivity contribution in [1.29, 1.82) is 0 Å². The molecule has 0 amide bonds. The first-order valence-electron chi connectivity index (χ1n) is 4.71. The van der Waals surface area contributed by atoms with Crippen molar-refractivity contribution in [3.8, 4) is 0 Å². The molecule has 0 bridgehead atoms. The summed E-state index contributed by atoms with van der Waals surface area (Å²) in [6, 6.07) is 5.47. The van der Waals surface area contributed by atoms with Gasteiger partial charge < -0.3 is 5.11 Å². The van der Waals surface area contributed by atoms with E-state index in [0.29, 0.717) is 10.7 Å². The van der Waals surface area contributed by atoms with Gasteiger partial charge in [-0.15, -0.1) is 0 Å². The molecular weight excluding hydrogens is 226 g/mol. The summed E-state index contributed by atoms with van der Waals surface area (Å²) in [6.45, 7) is 0. The van der Waals surface area contributed by atoms with Crippen molar-refractivity contribution in [2.75, 3.05) is 0 Å². The molecule has 2 aliphatic rings. The number of aliphatic carboxylic acids is 1. The number of nitrogens with zero attached hydrogens (tertiary/aromatic N) is 1. The van der Waals surface area contributed by atoms with Gasteiger partial charge in [-0.05, 0) is 24.3 Å². The van der Waals surface area contributed by atoms with E-state index in [1.165, 1.54) is 0 Å². The van der Waals surface area contributed by atoms with Crippen molar-refractivity contribution < 1.29 is 9.90 Å². The number of hydrogen-bond donors (Lipinski definition) is 1. The van der Waals surface area contributed by atoms with Crippen LogP contribution in [0.15, 0.2) is 46.6 Å². The van der Waals surface area contributed by atoms with Crippen LogP contribution in [0.5, 0.6) is 0 Å². The minimum absolute atomic E-state index is 0.249. The van der Waals surface area contributed by atoms with E-state index in [0.717, 1.165) is 16.1 Å². The van der Waals surface area contributed by atoms with E-state index in [4.69, 9.17) is 16.7 Å².